The van der Waals surface area contributed by atoms with Crippen LogP contribution in [0.1, 0.15) is 27.9 Å². The molecule has 0 unspecified atom stereocenters. The number of benzene rings is 1. The molecule has 0 atom stereocenters. The summed E-state index contributed by atoms with van der Waals surface area (Å²) in [6.07, 6.45) is 0. The van der Waals surface area contributed by atoms with Gasteiger partial charge in [-0.25, -0.2) is 4.79 Å². The number of aromatic nitrogens is 2. The second-order valence-electron chi connectivity index (χ2n) is 4.68. The average Bonchev–Trinajstić information content (AvgIpc) is 3.12. The number of carbonyl (C=O) groups is 1. The highest BCUT2D eigenvalue weighted by atomic mass is 32.2. The van der Waals surface area contributed by atoms with E-state index in [0.717, 1.165) is 16.7 Å². The maximum Gasteiger partial charge on any atom is 0.373 e. The number of ether oxygens (including phenoxy) is 1. The van der Waals surface area contributed by atoms with Crippen molar-refractivity contribution in [2.45, 2.75) is 18.4 Å². The lowest BCUT2D eigenvalue weighted by atomic mass is 10.2. The van der Waals surface area contributed by atoms with Crippen LogP contribution in [0.25, 0.3) is 11.0 Å². The molecule has 0 fully saturated rings. The summed E-state index contributed by atoms with van der Waals surface area (Å²) >= 11 is 1.68. The van der Waals surface area contributed by atoms with Gasteiger partial charge in [0.1, 0.15) is 5.58 Å². The zero-order valence-corrected chi connectivity index (χ0v) is 13.0. The highest BCUT2D eigenvalue weighted by molar-refractivity contribution is 7.97. The van der Waals surface area contributed by atoms with E-state index in [0.29, 0.717) is 23.1 Å². The minimum Gasteiger partial charge on any atom is -0.463 e. The number of hydrogen-bond acceptors (Lipinski definition) is 7. The second kappa shape index (κ2) is 6.23. The number of rotatable bonds is 5. The van der Waals surface area contributed by atoms with Crippen LogP contribution in [0.4, 0.5) is 0 Å². The fraction of sp³-hybridized carbons (Fsp3) is 0.267. The van der Waals surface area contributed by atoms with Gasteiger partial charge in [0.15, 0.2) is 0 Å². The van der Waals surface area contributed by atoms with E-state index >= 15 is 0 Å². The number of nitrogens with zero attached hydrogens (tertiary/aromatic N) is 2. The van der Waals surface area contributed by atoms with E-state index < -0.39 is 5.97 Å². The number of hydrogen-bond donors (Lipinski definition) is 0. The molecular weight excluding hydrogens is 304 g/mol. The Bertz CT molecular complexity index is 809. The van der Waals surface area contributed by atoms with Crippen LogP contribution in [-0.4, -0.2) is 23.3 Å². The molecule has 2 aromatic heterocycles. The molecule has 0 amide bonds. The molecule has 0 aliphatic heterocycles. The number of fused-ring (bicyclic) bond motifs is 1. The lowest BCUT2D eigenvalue weighted by Gasteiger charge is -1.99. The number of carbonyl (C=O) groups excluding carboxylic acids is 1. The Labute approximate surface area is 130 Å². The number of aryl methyl sites for hydroxylation is 1. The van der Waals surface area contributed by atoms with Crippen molar-refractivity contribution in [3.8, 4) is 0 Å². The maximum atomic E-state index is 11.5. The third kappa shape index (κ3) is 3.14. The molecule has 3 rings (SSSR count). The predicted molar refractivity (Wildman–Crippen MR) is 81.6 cm³/mol. The van der Waals surface area contributed by atoms with E-state index in [-0.39, 0.29) is 5.76 Å². The highest BCUT2D eigenvalue weighted by Gasteiger charge is 2.12. The van der Waals surface area contributed by atoms with Gasteiger partial charge in [-0.1, -0.05) is 6.07 Å². The SMILES string of the molecule is COC(=O)c1cc2cc(CSCc3nnc(C)o3)ccc2o1. The number of methoxy groups -OCH3 is 1. The Kier molecular flexibility index (Phi) is 4.15. The molecule has 22 heavy (non-hydrogen) atoms. The van der Waals surface area contributed by atoms with E-state index in [9.17, 15) is 4.79 Å². The Morgan fingerprint density at radius 3 is 2.82 bits per heavy atom. The van der Waals surface area contributed by atoms with E-state index in [4.69, 9.17) is 8.83 Å². The fourth-order valence-electron chi connectivity index (χ4n) is 2.04. The van der Waals surface area contributed by atoms with Gasteiger partial charge in [0.05, 0.1) is 12.9 Å². The van der Waals surface area contributed by atoms with E-state index in [1.54, 1.807) is 24.8 Å². The van der Waals surface area contributed by atoms with Crippen molar-refractivity contribution in [1.29, 1.82) is 0 Å². The summed E-state index contributed by atoms with van der Waals surface area (Å²) in [6.45, 7) is 1.77. The predicted octanol–water partition coefficient (Wildman–Crippen LogP) is 3.34. The molecule has 0 N–H and O–H groups in total. The van der Waals surface area contributed by atoms with Crippen molar-refractivity contribution in [1.82, 2.24) is 10.2 Å². The van der Waals surface area contributed by atoms with Gasteiger partial charge in [0.2, 0.25) is 17.5 Å². The van der Waals surface area contributed by atoms with Crippen LogP contribution in [-0.2, 0) is 16.2 Å². The van der Waals surface area contributed by atoms with Gasteiger partial charge in [-0.2, -0.15) is 0 Å². The summed E-state index contributed by atoms with van der Waals surface area (Å²) in [7, 11) is 1.33. The zero-order valence-electron chi connectivity index (χ0n) is 12.2. The summed E-state index contributed by atoms with van der Waals surface area (Å²) in [4.78, 5) is 11.5. The first-order chi connectivity index (χ1) is 10.7. The molecule has 3 aromatic rings. The number of esters is 1. The van der Waals surface area contributed by atoms with Crippen LogP contribution >= 0.6 is 11.8 Å². The third-order valence-corrected chi connectivity index (χ3v) is 4.02. The molecule has 0 aliphatic carbocycles. The first kappa shape index (κ1) is 14.6. The summed E-state index contributed by atoms with van der Waals surface area (Å²) in [6, 6.07) is 7.52. The molecule has 0 saturated heterocycles. The Morgan fingerprint density at radius 1 is 1.23 bits per heavy atom. The van der Waals surface area contributed by atoms with Gasteiger partial charge in [-0.15, -0.1) is 22.0 Å². The van der Waals surface area contributed by atoms with Crippen molar-refractivity contribution in [2.75, 3.05) is 7.11 Å². The van der Waals surface area contributed by atoms with Crippen molar-refractivity contribution < 1.29 is 18.4 Å². The van der Waals surface area contributed by atoms with Gasteiger partial charge in [-0.3, -0.25) is 0 Å². The van der Waals surface area contributed by atoms with Crippen LogP contribution < -0.4 is 0 Å². The molecule has 114 valence electrons. The molecule has 0 aliphatic rings. The Morgan fingerprint density at radius 2 is 2.09 bits per heavy atom. The van der Waals surface area contributed by atoms with Crippen molar-refractivity contribution in [3.63, 3.8) is 0 Å². The normalized spacial score (nSPS) is 11.0. The van der Waals surface area contributed by atoms with E-state index in [1.807, 2.05) is 18.2 Å². The minimum absolute atomic E-state index is 0.212. The largest absolute Gasteiger partial charge is 0.463 e. The molecule has 2 heterocycles. The Balaban J connectivity index is 1.67. The van der Waals surface area contributed by atoms with Crippen molar-refractivity contribution >= 4 is 28.7 Å². The molecule has 0 spiro atoms. The van der Waals surface area contributed by atoms with E-state index in [2.05, 4.69) is 14.9 Å². The lowest BCUT2D eigenvalue weighted by Crippen LogP contribution is -1.97. The monoisotopic (exact) mass is 318 g/mol. The van der Waals surface area contributed by atoms with E-state index in [1.165, 1.54) is 7.11 Å². The zero-order chi connectivity index (χ0) is 15.5. The molecule has 0 bridgehead atoms. The van der Waals surface area contributed by atoms with Crippen LogP contribution in [0.3, 0.4) is 0 Å². The Hall–Kier alpha value is -2.28. The third-order valence-electron chi connectivity index (χ3n) is 3.03. The molecule has 0 radical (unpaired) electrons. The first-order valence-electron chi connectivity index (χ1n) is 6.63. The maximum absolute atomic E-state index is 11.5. The summed E-state index contributed by atoms with van der Waals surface area (Å²) in [5.74, 6) is 2.40. The topological polar surface area (TPSA) is 78.4 Å². The highest BCUT2D eigenvalue weighted by Crippen LogP contribution is 2.24. The number of thioether (sulfide) groups is 1. The molecule has 0 saturated carbocycles. The summed E-state index contributed by atoms with van der Waals surface area (Å²) in [5, 5.41) is 8.63. The van der Waals surface area contributed by atoms with Gasteiger partial charge in [-0.05, 0) is 23.8 Å². The quantitative estimate of drug-likeness (QED) is 0.667. The standard InChI is InChI=1S/C15H14N2O4S/c1-9-16-17-14(20-9)8-22-7-10-3-4-12-11(5-10)6-13(21-12)15(18)19-2/h3-6H,7-8H2,1-2H3. The first-order valence-corrected chi connectivity index (χ1v) is 7.78. The fourth-order valence-corrected chi connectivity index (χ4v) is 2.84. The smallest absolute Gasteiger partial charge is 0.373 e. The van der Waals surface area contributed by atoms with Crippen LogP contribution in [0.2, 0.25) is 0 Å². The minimum atomic E-state index is -0.473. The molecular formula is C15H14N2O4S. The van der Waals surface area contributed by atoms with Crippen LogP contribution in [0, 0.1) is 6.92 Å². The summed E-state index contributed by atoms with van der Waals surface area (Å²) in [5.41, 5.74) is 1.80. The molecule has 6 nitrogen and oxygen atoms in total. The molecule has 7 heteroatoms. The summed E-state index contributed by atoms with van der Waals surface area (Å²) < 4.78 is 15.4. The molecule has 1 aromatic carbocycles. The van der Waals surface area contributed by atoms with Gasteiger partial charge >= 0.3 is 5.97 Å². The second-order valence-corrected chi connectivity index (χ2v) is 5.67. The van der Waals surface area contributed by atoms with Crippen LogP contribution in [0.5, 0.6) is 0 Å². The van der Waals surface area contributed by atoms with Gasteiger partial charge < -0.3 is 13.6 Å². The average molecular weight is 318 g/mol. The van der Waals surface area contributed by atoms with Crippen LogP contribution in [0.15, 0.2) is 33.1 Å². The lowest BCUT2D eigenvalue weighted by molar-refractivity contribution is 0.0567. The van der Waals surface area contributed by atoms with Crippen molar-refractivity contribution in [3.05, 3.63) is 47.4 Å². The number of furan rings is 1. The van der Waals surface area contributed by atoms with Gasteiger partial charge in [0, 0.05) is 18.1 Å². The van der Waals surface area contributed by atoms with Gasteiger partial charge in [0.25, 0.3) is 0 Å². The van der Waals surface area contributed by atoms with Crippen molar-refractivity contribution in [2.24, 2.45) is 0 Å².